The third-order valence-corrected chi connectivity index (χ3v) is 7.26. The maximum absolute atomic E-state index is 12.3. The molecule has 2 aromatic heterocycles. The Morgan fingerprint density at radius 1 is 1.23 bits per heavy atom. The number of aryl methyl sites for hydroxylation is 1. The average Bonchev–Trinajstić information content (AvgIpc) is 3.44. The van der Waals surface area contributed by atoms with Crippen LogP contribution in [0.5, 0.6) is 0 Å². The van der Waals surface area contributed by atoms with Crippen molar-refractivity contribution in [3.63, 3.8) is 0 Å². The first-order chi connectivity index (χ1) is 16.4. The quantitative estimate of drug-likeness (QED) is 0.511. The van der Waals surface area contributed by atoms with E-state index in [1.807, 2.05) is 15.4 Å². The average molecular weight is 515 g/mol. The van der Waals surface area contributed by atoms with Crippen LogP contribution in [0.2, 0.25) is 0 Å². The third-order valence-electron chi connectivity index (χ3n) is 5.29. The molecular weight excluding hydrogens is 480 g/mol. The van der Waals surface area contributed by atoms with E-state index >= 15 is 0 Å². The zero-order chi connectivity index (χ0) is 26.2. The number of imidazole rings is 1. The lowest BCUT2D eigenvalue weighted by Crippen LogP contribution is -2.32. The molecule has 1 saturated heterocycles. The molecule has 4 heterocycles. The van der Waals surface area contributed by atoms with Crippen molar-refractivity contribution in [2.24, 2.45) is 5.92 Å². The number of fused-ring (bicyclic) bond motifs is 1. The second-order valence-corrected chi connectivity index (χ2v) is 10.6. The van der Waals surface area contributed by atoms with E-state index < -0.39 is 22.0 Å². The number of aromatic nitrogens is 4. The summed E-state index contributed by atoms with van der Waals surface area (Å²) < 4.78 is 35.7. The number of hydrogen-bond acceptors (Lipinski definition) is 8. The third kappa shape index (κ3) is 8.42. The number of nitrogens with one attached hydrogen (secondary N) is 1. The van der Waals surface area contributed by atoms with Crippen LogP contribution in [0.25, 0.3) is 11.5 Å². The molecule has 35 heavy (non-hydrogen) atoms. The first kappa shape index (κ1) is 28.4. The summed E-state index contributed by atoms with van der Waals surface area (Å²) in [6.45, 7) is 5.75. The molecule has 0 radical (unpaired) electrons. The maximum Gasteiger partial charge on any atom is 0.300 e. The van der Waals surface area contributed by atoms with Crippen molar-refractivity contribution < 1.29 is 33.0 Å². The van der Waals surface area contributed by atoms with Gasteiger partial charge < -0.3 is 24.8 Å². The van der Waals surface area contributed by atoms with Crippen LogP contribution in [-0.2, 0) is 37.4 Å². The smallest absolute Gasteiger partial charge is 0.300 e. The summed E-state index contributed by atoms with van der Waals surface area (Å²) >= 11 is 0. The summed E-state index contributed by atoms with van der Waals surface area (Å²) in [4.78, 5) is 22.5. The Labute approximate surface area is 204 Å². The molecule has 196 valence electrons. The molecule has 0 bridgehead atoms. The zero-order valence-corrected chi connectivity index (χ0v) is 21.2. The highest BCUT2D eigenvalue weighted by Gasteiger charge is 2.35. The molecule has 0 saturated carbocycles. The lowest BCUT2D eigenvalue weighted by molar-refractivity contribution is -0.135. The summed E-state index contributed by atoms with van der Waals surface area (Å²) in [6.07, 6.45) is 4.68. The van der Waals surface area contributed by atoms with Crippen LogP contribution in [0.1, 0.15) is 32.0 Å². The van der Waals surface area contributed by atoms with E-state index in [9.17, 15) is 8.42 Å². The molecule has 2 aliphatic heterocycles. The molecule has 0 unspecified atom stereocenters. The normalized spacial score (nSPS) is 19.6. The molecule has 13 nitrogen and oxygen atoms in total. The number of carboxylic acid groups (broad SMARTS) is 2. The number of aliphatic carboxylic acids is 2. The van der Waals surface area contributed by atoms with Gasteiger partial charge in [0.05, 0.1) is 30.7 Å². The molecule has 0 aromatic carbocycles. The van der Waals surface area contributed by atoms with Gasteiger partial charge in [-0.3, -0.25) is 14.3 Å². The van der Waals surface area contributed by atoms with E-state index in [-0.39, 0.29) is 17.7 Å². The van der Waals surface area contributed by atoms with Crippen LogP contribution in [0.15, 0.2) is 18.5 Å². The molecule has 14 heteroatoms. The molecule has 0 spiro atoms. The van der Waals surface area contributed by atoms with Crippen molar-refractivity contribution >= 4 is 22.0 Å². The van der Waals surface area contributed by atoms with Gasteiger partial charge in [0.25, 0.3) is 11.9 Å². The number of rotatable bonds is 5. The van der Waals surface area contributed by atoms with Gasteiger partial charge in [-0.2, -0.15) is 5.10 Å². The molecule has 4 rings (SSSR count). The second-order valence-electron chi connectivity index (χ2n) is 8.40. The van der Waals surface area contributed by atoms with Crippen LogP contribution in [0.3, 0.4) is 0 Å². The standard InChI is InChI=1S/C17H26N6O3S.2C2H4O2/c1-21(2)27(24,25)12-13-10-26-11-16(13)22-7-5-19-17(22)15-8-14-9-18-4-3-6-23(14)20-15;2*1-2(3)4/h5,7-8,13,16,18H,3-4,6,9-12H2,1-2H3;2*1H3,(H,3,4)/t13-,16+;;/m0../s1. The molecular formula is C21H34N6O7S. The first-order valence-corrected chi connectivity index (χ1v) is 12.7. The Bertz CT molecular complexity index is 1050. The number of nitrogens with zero attached hydrogens (tertiary/aromatic N) is 5. The maximum atomic E-state index is 12.3. The molecule has 2 atom stereocenters. The van der Waals surface area contributed by atoms with Crippen molar-refractivity contribution in [3.8, 4) is 11.5 Å². The fraction of sp³-hybridized carbons (Fsp3) is 0.619. The number of carboxylic acids is 2. The van der Waals surface area contributed by atoms with E-state index in [1.54, 1.807) is 20.3 Å². The second kappa shape index (κ2) is 12.8. The first-order valence-electron chi connectivity index (χ1n) is 11.1. The van der Waals surface area contributed by atoms with Crippen LogP contribution in [0, 0.1) is 5.92 Å². The van der Waals surface area contributed by atoms with Crippen molar-refractivity contribution in [2.75, 3.05) is 39.6 Å². The van der Waals surface area contributed by atoms with Gasteiger partial charge in [0.15, 0.2) is 5.82 Å². The lowest BCUT2D eigenvalue weighted by Gasteiger charge is -2.22. The van der Waals surface area contributed by atoms with Crippen molar-refractivity contribution in [1.29, 1.82) is 0 Å². The van der Waals surface area contributed by atoms with Gasteiger partial charge in [0.1, 0.15) is 5.69 Å². The Morgan fingerprint density at radius 3 is 2.51 bits per heavy atom. The van der Waals surface area contributed by atoms with E-state index in [2.05, 4.69) is 16.4 Å². The summed E-state index contributed by atoms with van der Waals surface area (Å²) in [6, 6.07) is 2.00. The number of sulfonamides is 1. The number of hydrogen-bond donors (Lipinski definition) is 3. The fourth-order valence-corrected chi connectivity index (χ4v) is 4.88. The van der Waals surface area contributed by atoms with Crippen LogP contribution in [-0.4, -0.2) is 93.8 Å². The van der Waals surface area contributed by atoms with E-state index in [1.165, 1.54) is 4.31 Å². The Hall–Kier alpha value is -2.81. The van der Waals surface area contributed by atoms with Crippen molar-refractivity contribution in [1.82, 2.24) is 29.0 Å². The Kier molecular flexibility index (Phi) is 10.4. The largest absolute Gasteiger partial charge is 0.481 e. The van der Waals surface area contributed by atoms with Gasteiger partial charge in [-0.25, -0.2) is 17.7 Å². The highest BCUT2D eigenvalue weighted by molar-refractivity contribution is 7.89. The molecule has 2 aliphatic rings. The van der Waals surface area contributed by atoms with Gasteiger partial charge in [0, 0.05) is 59.3 Å². The highest BCUT2D eigenvalue weighted by Crippen LogP contribution is 2.31. The highest BCUT2D eigenvalue weighted by atomic mass is 32.2. The summed E-state index contributed by atoms with van der Waals surface area (Å²) in [5.41, 5.74) is 1.96. The summed E-state index contributed by atoms with van der Waals surface area (Å²) in [5.74, 6) is -0.961. The molecule has 3 N–H and O–H groups in total. The predicted molar refractivity (Wildman–Crippen MR) is 127 cm³/mol. The summed E-state index contributed by atoms with van der Waals surface area (Å²) in [7, 11) is -0.169. The number of carbonyl (C=O) groups is 2. The van der Waals surface area contributed by atoms with Gasteiger partial charge >= 0.3 is 0 Å². The predicted octanol–water partition coefficient (Wildman–Crippen LogP) is 0.501. The minimum atomic E-state index is -3.30. The van der Waals surface area contributed by atoms with Crippen molar-refractivity contribution in [2.45, 2.75) is 39.4 Å². The van der Waals surface area contributed by atoms with Gasteiger partial charge in [-0.05, 0) is 19.0 Å². The monoisotopic (exact) mass is 514 g/mol. The minimum absolute atomic E-state index is 0.0614. The lowest BCUT2D eigenvalue weighted by atomic mass is 10.1. The topological polar surface area (TPSA) is 169 Å². The van der Waals surface area contributed by atoms with Gasteiger partial charge in [0.2, 0.25) is 10.0 Å². The van der Waals surface area contributed by atoms with Crippen LogP contribution < -0.4 is 5.32 Å². The fourth-order valence-electron chi connectivity index (χ4n) is 3.72. The van der Waals surface area contributed by atoms with Crippen molar-refractivity contribution in [3.05, 3.63) is 24.2 Å². The molecule has 0 amide bonds. The molecule has 2 aromatic rings. The van der Waals surface area contributed by atoms with E-state index in [4.69, 9.17) is 29.6 Å². The van der Waals surface area contributed by atoms with Gasteiger partial charge in [-0.15, -0.1) is 0 Å². The SMILES string of the molecule is CC(=O)O.CC(=O)O.CN(C)S(=O)(=O)C[C@@H]1COC[C@H]1n1ccnc1-c1cc2n(n1)CCCNC2. The Morgan fingerprint density at radius 2 is 1.89 bits per heavy atom. The van der Waals surface area contributed by atoms with Crippen LogP contribution in [0.4, 0.5) is 0 Å². The minimum Gasteiger partial charge on any atom is -0.481 e. The van der Waals surface area contributed by atoms with Crippen LogP contribution >= 0.6 is 0 Å². The molecule has 1 fully saturated rings. The number of ether oxygens (including phenoxy) is 1. The van der Waals surface area contributed by atoms with E-state index in [0.29, 0.717) is 13.2 Å². The van der Waals surface area contributed by atoms with E-state index in [0.717, 1.165) is 57.1 Å². The zero-order valence-electron chi connectivity index (χ0n) is 20.4. The van der Waals surface area contributed by atoms with Gasteiger partial charge in [-0.1, -0.05) is 0 Å². The summed E-state index contributed by atoms with van der Waals surface area (Å²) in [5, 5.41) is 23.0. The molecule has 0 aliphatic carbocycles. The Balaban J connectivity index is 0.000000473.